The molecule has 2 aliphatic rings. The van der Waals surface area contributed by atoms with E-state index < -0.39 is 29.7 Å². The van der Waals surface area contributed by atoms with Gasteiger partial charge in [0.05, 0.1) is 57.3 Å². The number of anilines is 1. The number of carbonyl (C=O) groups excluding carboxylic acids is 4. The van der Waals surface area contributed by atoms with E-state index in [-0.39, 0.29) is 45.2 Å². The maximum Gasteiger partial charge on any atom is 0.292 e. The summed E-state index contributed by atoms with van der Waals surface area (Å²) >= 11 is 6.45. The Hall–Kier alpha value is -4.60. The minimum absolute atomic E-state index is 0.0630. The van der Waals surface area contributed by atoms with Crippen molar-refractivity contribution < 1.29 is 47.0 Å². The van der Waals surface area contributed by atoms with Crippen molar-refractivity contribution in [2.24, 2.45) is 13.0 Å². The summed E-state index contributed by atoms with van der Waals surface area (Å²) in [6, 6.07) is 7.10. The predicted molar refractivity (Wildman–Crippen MR) is 171 cm³/mol. The highest BCUT2D eigenvalue weighted by atomic mass is 35.5. The molecular formula is C32H38ClF2N6O7+. The van der Waals surface area contributed by atoms with Crippen molar-refractivity contribution in [2.75, 3.05) is 66.4 Å². The van der Waals surface area contributed by atoms with Gasteiger partial charge in [-0.05, 0) is 30.3 Å². The Labute approximate surface area is 281 Å². The molecule has 1 aromatic heterocycles. The summed E-state index contributed by atoms with van der Waals surface area (Å²) in [4.78, 5) is 55.6. The fourth-order valence-corrected chi connectivity index (χ4v) is 6.00. The van der Waals surface area contributed by atoms with Crippen molar-refractivity contribution >= 4 is 41.5 Å². The number of quaternary nitrogens is 1. The van der Waals surface area contributed by atoms with Crippen LogP contribution >= 0.6 is 11.6 Å². The van der Waals surface area contributed by atoms with Crippen LogP contribution in [0.15, 0.2) is 36.5 Å². The number of benzene rings is 2. The first-order valence-corrected chi connectivity index (χ1v) is 15.3. The van der Waals surface area contributed by atoms with Crippen LogP contribution in [-0.2, 0) is 21.4 Å². The summed E-state index contributed by atoms with van der Waals surface area (Å²) in [5.74, 6) is -4.06. The van der Waals surface area contributed by atoms with Gasteiger partial charge in [0.1, 0.15) is 5.92 Å². The molecule has 2 atom stereocenters. The largest absolute Gasteiger partial charge is 0.494 e. The second-order valence-electron chi connectivity index (χ2n) is 11.9. The molecule has 2 unspecified atom stereocenters. The van der Waals surface area contributed by atoms with Crippen LogP contribution in [0.2, 0.25) is 5.02 Å². The number of aliphatic hydroxyl groups excluding tert-OH is 1. The molecule has 2 saturated heterocycles. The number of piperazine rings is 1. The maximum atomic E-state index is 14.6. The van der Waals surface area contributed by atoms with Gasteiger partial charge in [-0.1, -0.05) is 11.6 Å². The number of hydrogen-bond acceptors (Lipinski definition) is 8. The zero-order valence-electron chi connectivity index (χ0n) is 27.2. The van der Waals surface area contributed by atoms with E-state index in [1.165, 1.54) is 62.4 Å². The number of carbonyl (C=O) groups is 4. The monoisotopic (exact) mass is 691 g/mol. The van der Waals surface area contributed by atoms with E-state index in [2.05, 4.69) is 15.0 Å². The number of hydrogen-bond donors (Lipinski definition) is 2. The number of imidazole rings is 1. The molecule has 258 valence electrons. The lowest BCUT2D eigenvalue weighted by Gasteiger charge is -2.37. The van der Waals surface area contributed by atoms with Crippen LogP contribution in [0.25, 0.3) is 11.3 Å². The zero-order valence-corrected chi connectivity index (χ0v) is 28.0. The fourth-order valence-electron chi connectivity index (χ4n) is 5.74. The van der Waals surface area contributed by atoms with E-state index in [1.807, 2.05) is 14.1 Å². The Morgan fingerprint density at radius 2 is 1.71 bits per heavy atom. The molecule has 3 heterocycles. The Morgan fingerprint density at radius 3 is 2.27 bits per heavy atom. The molecule has 13 nitrogen and oxygen atoms in total. The highest BCUT2D eigenvalue weighted by Crippen LogP contribution is 2.31. The number of halogens is 3. The lowest BCUT2D eigenvalue weighted by Crippen LogP contribution is -2.54. The lowest BCUT2D eigenvalue weighted by atomic mass is 10.0. The molecule has 5 rings (SSSR count). The number of amides is 3. The van der Waals surface area contributed by atoms with Crippen molar-refractivity contribution in [3.63, 3.8) is 0 Å². The predicted octanol–water partition coefficient (Wildman–Crippen LogP) is 2.77. The molecular weight excluding hydrogens is 654 g/mol. The van der Waals surface area contributed by atoms with E-state index in [0.29, 0.717) is 49.2 Å². The maximum absolute atomic E-state index is 14.6. The van der Waals surface area contributed by atoms with Crippen LogP contribution in [0.1, 0.15) is 27.4 Å². The normalized spacial score (nSPS) is 18.4. The number of aliphatic hydroxyl groups is 1. The van der Waals surface area contributed by atoms with Crippen LogP contribution in [0, 0.1) is 17.6 Å². The van der Waals surface area contributed by atoms with Crippen LogP contribution in [0.5, 0.6) is 5.75 Å². The summed E-state index contributed by atoms with van der Waals surface area (Å²) in [7, 11) is 7.84. The quantitative estimate of drug-likeness (QED) is 0.285. The van der Waals surface area contributed by atoms with Crippen LogP contribution < -0.4 is 10.1 Å². The molecule has 0 spiro atoms. The number of nitrogens with zero attached hydrogens (tertiary/aromatic N) is 5. The molecule has 0 saturated carbocycles. The molecule has 2 aliphatic heterocycles. The minimum atomic E-state index is -1.15. The molecule has 3 amide bonds. The highest BCUT2D eigenvalue weighted by molar-refractivity contribution is 6.34. The summed E-state index contributed by atoms with van der Waals surface area (Å²) < 4.78 is 39.3. The Kier molecular flexibility index (Phi) is 11.4. The molecule has 0 bridgehead atoms. The fraction of sp³-hybridized carbons (Fsp3) is 0.406. The van der Waals surface area contributed by atoms with Crippen LogP contribution in [0.3, 0.4) is 0 Å². The smallest absolute Gasteiger partial charge is 0.292 e. The molecule has 48 heavy (non-hydrogen) atoms. The van der Waals surface area contributed by atoms with Crippen molar-refractivity contribution in [3.05, 3.63) is 64.6 Å². The summed E-state index contributed by atoms with van der Waals surface area (Å²) in [6.45, 7) is 2.44. The van der Waals surface area contributed by atoms with Crippen LogP contribution in [-0.4, -0.2) is 120 Å². The topological polar surface area (TPSA) is 143 Å². The lowest BCUT2D eigenvalue weighted by molar-refractivity contribution is -0.924. The third kappa shape index (κ3) is 7.42. The zero-order chi connectivity index (χ0) is 35.3. The number of nitrogens with one attached hydrogen (secondary N) is 1. The molecule has 0 radical (unpaired) electrons. The Balaban J connectivity index is 0.00000123. The first-order chi connectivity index (χ1) is 22.7. The van der Waals surface area contributed by atoms with E-state index in [1.54, 1.807) is 9.80 Å². The first-order valence-electron chi connectivity index (χ1n) is 15.0. The van der Waals surface area contributed by atoms with Gasteiger partial charge >= 0.3 is 0 Å². The summed E-state index contributed by atoms with van der Waals surface area (Å²) in [5.41, 5.74) is 0.630. The number of ether oxygens (including phenoxy) is 2. The van der Waals surface area contributed by atoms with E-state index in [4.69, 9.17) is 21.1 Å². The molecule has 0 aliphatic carbocycles. The van der Waals surface area contributed by atoms with Gasteiger partial charge in [0.15, 0.2) is 17.4 Å². The van der Waals surface area contributed by atoms with Gasteiger partial charge in [-0.3, -0.25) is 19.2 Å². The van der Waals surface area contributed by atoms with Gasteiger partial charge in [-0.25, -0.2) is 9.37 Å². The second kappa shape index (κ2) is 15.1. The van der Waals surface area contributed by atoms with Crippen LogP contribution in [0.4, 0.5) is 14.5 Å². The molecule has 2 fully saturated rings. The third-order valence-electron chi connectivity index (χ3n) is 8.58. The van der Waals surface area contributed by atoms with Crippen molar-refractivity contribution in [1.29, 1.82) is 0 Å². The van der Waals surface area contributed by atoms with Gasteiger partial charge in [-0.15, -0.1) is 0 Å². The van der Waals surface area contributed by atoms with Gasteiger partial charge in [0.2, 0.25) is 18.0 Å². The van der Waals surface area contributed by atoms with Gasteiger partial charge < -0.3 is 38.7 Å². The average molecular weight is 692 g/mol. The third-order valence-corrected chi connectivity index (χ3v) is 8.89. The first kappa shape index (κ1) is 36.2. The van der Waals surface area contributed by atoms with Crippen molar-refractivity contribution in [2.45, 2.75) is 12.6 Å². The SMILES string of the molecule is COC=O.COc1ccc(-c2cnc(C(=O)Nc3ccc(C(=O)N4CCN(C(=O)C5CC[N+](C)(C)C5O)CC4)c(Cl)c3)n2C)c(F)c1F. The van der Waals surface area contributed by atoms with E-state index >= 15 is 0 Å². The number of rotatable bonds is 7. The standard InChI is InChI=1S/C30H33ClF2N6O5.C2H4O2/c1-36-22(19-7-8-23(44-4)25(33)24(19)32)16-34-26(36)27(40)35-17-5-6-18(21(31)15-17)28(41)37-10-12-38(13-11-37)29(42)20-9-14-39(2,3)30(20)43;1-4-2-3/h5-8,15-16,20,30,43H,9-14H2,1-4H3;2H,1H3/p+1. The number of methoxy groups -OCH3 is 2. The molecule has 2 aromatic carbocycles. The van der Waals surface area contributed by atoms with Gasteiger partial charge in [0, 0.05) is 50.9 Å². The summed E-state index contributed by atoms with van der Waals surface area (Å²) in [6.07, 6.45) is 1.13. The highest BCUT2D eigenvalue weighted by Gasteiger charge is 2.47. The van der Waals surface area contributed by atoms with Crippen molar-refractivity contribution in [1.82, 2.24) is 19.4 Å². The number of likely N-dealkylation sites (tertiary alicyclic amines) is 1. The Morgan fingerprint density at radius 1 is 1.06 bits per heavy atom. The molecule has 2 N–H and O–H groups in total. The van der Waals surface area contributed by atoms with Crippen molar-refractivity contribution in [3.8, 4) is 17.0 Å². The van der Waals surface area contributed by atoms with E-state index in [9.17, 15) is 28.3 Å². The average Bonchev–Trinajstić information content (AvgIpc) is 3.59. The van der Waals surface area contributed by atoms with Gasteiger partial charge in [-0.2, -0.15) is 4.39 Å². The van der Waals surface area contributed by atoms with Gasteiger partial charge in [0.25, 0.3) is 18.3 Å². The molecule has 16 heteroatoms. The Bertz CT molecular complexity index is 1690. The number of aromatic nitrogens is 2. The minimum Gasteiger partial charge on any atom is -0.494 e. The molecule has 3 aromatic rings. The summed E-state index contributed by atoms with van der Waals surface area (Å²) in [5, 5.41) is 13.3. The second-order valence-corrected chi connectivity index (χ2v) is 12.3. The van der Waals surface area contributed by atoms with E-state index in [0.717, 1.165) is 6.54 Å².